The second kappa shape index (κ2) is 12.5. The van der Waals surface area contributed by atoms with Gasteiger partial charge in [-0.25, -0.2) is 0 Å². The summed E-state index contributed by atoms with van der Waals surface area (Å²) >= 11 is 11.8. The van der Waals surface area contributed by atoms with E-state index in [-0.39, 0.29) is 0 Å². The molecule has 2 N–H and O–H groups in total. The SMILES string of the molecule is CCCCCCCCNc1ccc(C(=S)NCCN(C)C)cc1Cl. The Labute approximate surface area is 158 Å². The number of unbranched alkanes of at least 4 members (excludes halogenated alkanes) is 5. The van der Waals surface area contributed by atoms with Crippen molar-refractivity contribution in [3.8, 4) is 0 Å². The Morgan fingerprint density at radius 1 is 1.08 bits per heavy atom. The molecule has 0 bridgehead atoms. The van der Waals surface area contributed by atoms with E-state index in [2.05, 4.69) is 22.5 Å². The maximum Gasteiger partial charge on any atom is 0.106 e. The van der Waals surface area contributed by atoms with Gasteiger partial charge in [-0.15, -0.1) is 0 Å². The Balaban J connectivity index is 2.34. The van der Waals surface area contributed by atoms with Gasteiger partial charge in [0.15, 0.2) is 0 Å². The van der Waals surface area contributed by atoms with Crippen molar-refractivity contribution in [3.05, 3.63) is 28.8 Å². The molecule has 0 aliphatic rings. The van der Waals surface area contributed by atoms with Crippen molar-refractivity contribution in [2.45, 2.75) is 45.4 Å². The molecule has 5 heteroatoms. The van der Waals surface area contributed by atoms with Gasteiger partial charge < -0.3 is 15.5 Å². The van der Waals surface area contributed by atoms with Crippen molar-refractivity contribution in [1.82, 2.24) is 10.2 Å². The number of nitrogens with one attached hydrogen (secondary N) is 2. The molecule has 0 heterocycles. The number of halogens is 1. The number of rotatable bonds is 12. The van der Waals surface area contributed by atoms with Gasteiger partial charge in [-0.2, -0.15) is 0 Å². The summed E-state index contributed by atoms with van der Waals surface area (Å²) in [5.74, 6) is 0. The van der Waals surface area contributed by atoms with Crippen LogP contribution in [-0.2, 0) is 0 Å². The van der Waals surface area contributed by atoms with Crippen LogP contribution in [0, 0.1) is 0 Å². The summed E-state index contributed by atoms with van der Waals surface area (Å²) in [6.07, 6.45) is 7.80. The number of likely N-dealkylation sites (N-methyl/N-ethyl adjacent to an activating group) is 1. The first-order valence-corrected chi connectivity index (χ1v) is 9.79. The van der Waals surface area contributed by atoms with E-state index in [1.165, 1.54) is 38.5 Å². The maximum absolute atomic E-state index is 6.38. The van der Waals surface area contributed by atoms with Gasteiger partial charge in [-0.3, -0.25) is 0 Å². The number of nitrogens with zero attached hydrogens (tertiary/aromatic N) is 1. The van der Waals surface area contributed by atoms with Crippen LogP contribution in [0.2, 0.25) is 5.02 Å². The molecule has 1 aromatic carbocycles. The summed E-state index contributed by atoms with van der Waals surface area (Å²) in [6.45, 7) is 5.00. The molecule has 0 aliphatic carbocycles. The lowest BCUT2D eigenvalue weighted by atomic mass is 10.1. The number of thiocarbonyl (C=S) groups is 1. The minimum Gasteiger partial charge on any atom is -0.384 e. The Bertz CT molecular complexity index is 492. The van der Waals surface area contributed by atoms with Crippen LogP contribution in [-0.4, -0.2) is 43.6 Å². The van der Waals surface area contributed by atoms with Crippen molar-refractivity contribution in [2.24, 2.45) is 0 Å². The fourth-order valence-electron chi connectivity index (χ4n) is 2.42. The molecule has 0 aromatic heterocycles. The van der Waals surface area contributed by atoms with E-state index in [1.807, 2.05) is 32.3 Å². The third kappa shape index (κ3) is 8.86. The van der Waals surface area contributed by atoms with Gasteiger partial charge in [0.2, 0.25) is 0 Å². The first-order valence-electron chi connectivity index (χ1n) is 9.01. The van der Waals surface area contributed by atoms with Crippen LogP contribution in [0.4, 0.5) is 5.69 Å². The van der Waals surface area contributed by atoms with Gasteiger partial charge in [0.25, 0.3) is 0 Å². The van der Waals surface area contributed by atoms with E-state index < -0.39 is 0 Å². The second-order valence-corrected chi connectivity index (χ2v) is 7.26. The molecule has 1 rings (SSSR count). The maximum atomic E-state index is 6.38. The zero-order chi connectivity index (χ0) is 17.8. The molecule has 0 amide bonds. The normalized spacial score (nSPS) is 10.9. The average molecular weight is 370 g/mol. The molecule has 0 spiro atoms. The molecule has 0 unspecified atom stereocenters. The molecule has 0 saturated heterocycles. The largest absolute Gasteiger partial charge is 0.384 e. The fourth-order valence-corrected chi connectivity index (χ4v) is 2.90. The highest BCUT2D eigenvalue weighted by Gasteiger charge is 2.05. The molecule has 0 atom stereocenters. The van der Waals surface area contributed by atoms with E-state index in [4.69, 9.17) is 23.8 Å². The molecule has 136 valence electrons. The lowest BCUT2D eigenvalue weighted by Gasteiger charge is -2.14. The van der Waals surface area contributed by atoms with Crippen LogP contribution in [0.25, 0.3) is 0 Å². The van der Waals surface area contributed by atoms with Crippen molar-refractivity contribution in [3.63, 3.8) is 0 Å². The van der Waals surface area contributed by atoms with Crippen LogP contribution < -0.4 is 10.6 Å². The quantitative estimate of drug-likeness (QED) is 0.403. The Kier molecular flexibility index (Phi) is 11.1. The molecule has 24 heavy (non-hydrogen) atoms. The predicted octanol–water partition coefficient (Wildman–Crippen LogP) is 4.94. The standard InChI is InChI=1S/C19H32ClN3S/c1-4-5-6-7-8-9-12-21-18-11-10-16(15-17(18)20)19(24)22-13-14-23(2)3/h10-11,15,21H,4-9,12-14H2,1-3H3,(H,22,24). The second-order valence-electron chi connectivity index (χ2n) is 6.45. The molecule has 0 radical (unpaired) electrons. The van der Waals surface area contributed by atoms with Gasteiger partial charge in [-0.1, -0.05) is 62.8 Å². The van der Waals surface area contributed by atoms with Gasteiger partial charge in [0.1, 0.15) is 4.99 Å². The highest BCUT2D eigenvalue weighted by Crippen LogP contribution is 2.23. The zero-order valence-electron chi connectivity index (χ0n) is 15.3. The highest BCUT2D eigenvalue weighted by molar-refractivity contribution is 7.80. The Morgan fingerprint density at radius 3 is 2.46 bits per heavy atom. The number of anilines is 1. The molecule has 0 aliphatic heterocycles. The third-order valence-corrected chi connectivity index (χ3v) is 4.61. The van der Waals surface area contributed by atoms with Gasteiger partial charge in [-0.05, 0) is 38.7 Å². The summed E-state index contributed by atoms with van der Waals surface area (Å²) in [7, 11) is 4.09. The Hall–Kier alpha value is -0.840. The third-order valence-electron chi connectivity index (χ3n) is 3.92. The topological polar surface area (TPSA) is 27.3 Å². The minimum atomic E-state index is 0.732. The number of benzene rings is 1. The number of hydrogen-bond acceptors (Lipinski definition) is 3. The van der Waals surface area contributed by atoms with Crippen LogP contribution in [0.1, 0.15) is 51.0 Å². The first kappa shape index (κ1) is 21.2. The van der Waals surface area contributed by atoms with Crippen molar-refractivity contribution in [1.29, 1.82) is 0 Å². The summed E-state index contributed by atoms with van der Waals surface area (Å²) in [5, 5.41) is 7.42. The summed E-state index contributed by atoms with van der Waals surface area (Å²) in [6, 6.07) is 5.99. The van der Waals surface area contributed by atoms with Crippen molar-refractivity contribution in [2.75, 3.05) is 39.0 Å². The molecular weight excluding hydrogens is 338 g/mol. The zero-order valence-corrected chi connectivity index (χ0v) is 16.9. The summed E-state index contributed by atoms with van der Waals surface area (Å²) < 4.78 is 0. The van der Waals surface area contributed by atoms with E-state index in [1.54, 1.807) is 0 Å². The van der Waals surface area contributed by atoms with E-state index in [9.17, 15) is 0 Å². The Morgan fingerprint density at radius 2 is 1.79 bits per heavy atom. The fraction of sp³-hybridized carbons (Fsp3) is 0.632. The van der Waals surface area contributed by atoms with E-state index >= 15 is 0 Å². The minimum absolute atomic E-state index is 0.732. The number of hydrogen-bond donors (Lipinski definition) is 2. The molecule has 0 saturated carbocycles. The summed E-state index contributed by atoms with van der Waals surface area (Å²) in [5.41, 5.74) is 1.96. The summed E-state index contributed by atoms with van der Waals surface area (Å²) in [4.78, 5) is 2.87. The highest BCUT2D eigenvalue weighted by atomic mass is 35.5. The van der Waals surface area contributed by atoms with Crippen LogP contribution in [0.15, 0.2) is 18.2 Å². The average Bonchev–Trinajstić information content (AvgIpc) is 2.54. The smallest absolute Gasteiger partial charge is 0.106 e. The van der Waals surface area contributed by atoms with E-state index in [0.29, 0.717) is 0 Å². The first-order chi connectivity index (χ1) is 11.5. The van der Waals surface area contributed by atoms with Crippen molar-refractivity contribution < 1.29 is 0 Å². The van der Waals surface area contributed by atoms with E-state index in [0.717, 1.165) is 40.9 Å². The van der Waals surface area contributed by atoms with Gasteiger partial charge in [0, 0.05) is 25.2 Å². The van der Waals surface area contributed by atoms with Crippen LogP contribution in [0.3, 0.4) is 0 Å². The van der Waals surface area contributed by atoms with Gasteiger partial charge in [0.05, 0.1) is 10.7 Å². The van der Waals surface area contributed by atoms with Crippen molar-refractivity contribution >= 4 is 34.5 Å². The van der Waals surface area contributed by atoms with Gasteiger partial charge >= 0.3 is 0 Å². The molecular formula is C19H32ClN3S. The molecule has 1 aromatic rings. The molecule has 3 nitrogen and oxygen atoms in total. The lowest BCUT2D eigenvalue weighted by Crippen LogP contribution is -2.30. The lowest BCUT2D eigenvalue weighted by molar-refractivity contribution is 0.413. The van der Waals surface area contributed by atoms with Crippen LogP contribution in [0.5, 0.6) is 0 Å². The van der Waals surface area contributed by atoms with Crippen LogP contribution >= 0.6 is 23.8 Å². The molecule has 0 fully saturated rings. The monoisotopic (exact) mass is 369 g/mol. The predicted molar refractivity (Wildman–Crippen MR) is 112 cm³/mol.